The first-order valence-corrected chi connectivity index (χ1v) is 5.35. The highest BCUT2D eigenvalue weighted by atomic mass is 19.2. The maximum absolute atomic E-state index is 13.6. The van der Waals surface area contributed by atoms with Gasteiger partial charge in [0.15, 0.2) is 0 Å². The second kappa shape index (κ2) is 4.81. The third-order valence-electron chi connectivity index (χ3n) is 2.40. The van der Waals surface area contributed by atoms with E-state index in [1.807, 2.05) is 0 Å². The Kier molecular flexibility index (Phi) is 3.38. The largest absolute Gasteiger partial charge is 0.391 e. The van der Waals surface area contributed by atoms with Gasteiger partial charge in [0.2, 0.25) is 11.8 Å². The summed E-state index contributed by atoms with van der Waals surface area (Å²) in [6.45, 7) is 1.22. The second-order valence-corrected chi connectivity index (χ2v) is 3.96. The number of hydrogen-bond acceptors (Lipinski definition) is 2. The third kappa shape index (κ3) is 2.24. The van der Waals surface area contributed by atoms with Crippen LogP contribution in [0, 0.1) is 17.6 Å². The number of aliphatic hydroxyl groups excluding tert-OH is 1. The van der Waals surface area contributed by atoms with Crippen LogP contribution >= 0.6 is 0 Å². The first-order chi connectivity index (χ1) is 8.50. The van der Waals surface area contributed by atoms with Crippen molar-refractivity contribution in [1.82, 2.24) is 9.78 Å². The number of nitrogens with zero attached hydrogens (tertiary/aromatic N) is 2. The van der Waals surface area contributed by atoms with E-state index in [9.17, 15) is 13.2 Å². The monoisotopic (exact) mass is 256 g/mol. The zero-order chi connectivity index (χ0) is 13.3. The van der Waals surface area contributed by atoms with Gasteiger partial charge in [-0.2, -0.15) is 13.9 Å². The van der Waals surface area contributed by atoms with Gasteiger partial charge in [0, 0.05) is 5.56 Å². The van der Waals surface area contributed by atoms with Crippen LogP contribution in [0.25, 0.3) is 11.3 Å². The van der Waals surface area contributed by atoms with Gasteiger partial charge in [-0.25, -0.2) is 9.07 Å². The van der Waals surface area contributed by atoms with E-state index in [-0.39, 0.29) is 12.1 Å². The molecule has 0 fully saturated rings. The molecule has 0 radical (unpaired) electrons. The highest BCUT2D eigenvalue weighted by molar-refractivity contribution is 5.60. The molecule has 1 aromatic carbocycles. The molecule has 18 heavy (non-hydrogen) atoms. The highest BCUT2D eigenvalue weighted by Gasteiger charge is 2.21. The summed E-state index contributed by atoms with van der Waals surface area (Å²) in [6.07, 6.45) is -0.882. The van der Waals surface area contributed by atoms with Crippen molar-refractivity contribution in [3.63, 3.8) is 0 Å². The van der Waals surface area contributed by atoms with Gasteiger partial charge >= 0.3 is 0 Å². The van der Waals surface area contributed by atoms with E-state index in [0.29, 0.717) is 4.68 Å². The SMILES string of the molecule is CC(O)Cn1nc(-c2ccccc2F)c(F)c1F. The van der Waals surface area contributed by atoms with Crippen molar-refractivity contribution in [2.75, 3.05) is 0 Å². The minimum absolute atomic E-state index is 0.113. The van der Waals surface area contributed by atoms with E-state index in [2.05, 4.69) is 5.10 Å². The van der Waals surface area contributed by atoms with Crippen molar-refractivity contribution in [3.05, 3.63) is 41.8 Å². The minimum Gasteiger partial charge on any atom is -0.391 e. The molecule has 1 aromatic heterocycles. The Morgan fingerprint density at radius 3 is 2.56 bits per heavy atom. The van der Waals surface area contributed by atoms with Gasteiger partial charge in [0.05, 0.1) is 12.6 Å². The molecule has 1 N–H and O–H groups in total. The van der Waals surface area contributed by atoms with E-state index in [1.54, 1.807) is 0 Å². The lowest BCUT2D eigenvalue weighted by molar-refractivity contribution is 0.161. The van der Waals surface area contributed by atoms with Crippen molar-refractivity contribution < 1.29 is 18.3 Å². The Morgan fingerprint density at radius 1 is 1.28 bits per heavy atom. The molecule has 0 bridgehead atoms. The number of halogens is 3. The van der Waals surface area contributed by atoms with E-state index in [1.165, 1.54) is 25.1 Å². The van der Waals surface area contributed by atoms with Crippen molar-refractivity contribution in [2.45, 2.75) is 19.6 Å². The Balaban J connectivity index is 2.50. The van der Waals surface area contributed by atoms with Crippen LogP contribution in [0.5, 0.6) is 0 Å². The zero-order valence-electron chi connectivity index (χ0n) is 9.57. The molecule has 1 atom stereocenters. The average Bonchev–Trinajstić information content (AvgIpc) is 2.58. The van der Waals surface area contributed by atoms with Gasteiger partial charge in [-0.05, 0) is 19.1 Å². The fourth-order valence-electron chi connectivity index (χ4n) is 1.62. The zero-order valence-corrected chi connectivity index (χ0v) is 9.57. The van der Waals surface area contributed by atoms with Crippen molar-refractivity contribution in [3.8, 4) is 11.3 Å². The molecule has 2 aromatic rings. The number of aromatic nitrogens is 2. The summed E-state index contributed by atoms with van der Waals surface area (Å²) < 4.78 is 41.3. The van der Waals surface area contributed by atoms with Crippen molar-refractivity contribution in [2.24, 2.45) is 0 Å². The summed E-state index contributed by atoms with van der Waals surface area (Å²) in [5, 5.41) is 12.8. The molecule has 0 aliphatic carbocycles. The lowest BCUT2D eigenvalue weighted by Crippen LogP contribution is -2.14. The van der Waals surface area contributed by atoms with Crippen LogP contribution in [0.4, 0.5) is 13.2 Å². The molecule has 1 heterocycles. The molecule has 2 rings (SSSR count). The molecule has 0 aliphatic rings. The van der Waals surface area contributed by atoms with Crippen LogP contribution < -0.4 is 0 Å². The summed E-state index contributed by atoms with van der Waals surface area (Å²) in [5.74, 6) is -3.12. The average molecular weight is 256 g/mol. The molecule has 0 saturated heterocycles. The Labute approximate surface area is 101 Å². The number of hydrogen-bond donors (Lipinski definition) is 1. The van der Waals surface area contributed by atoms with Crippen LogP contribution in [0.2, 0.25) is 0 Å². The normalized spacial score (nSPS) is 12.7. The smallest absolute Gasteiger partial charge is 0.248 e. The summed E-state index contributed by atoms with van der Waals surface area (Å²) in [4.78, 5) is 0. The van der Waals surface area contributed by atoms with Crippen molar-refractivity contribution in [1.29, 1.82) is 0 Å². The van der Waals surface area contributed by atoms with E-state index in [0.717, 1.165) is 6.07 Å². The summed E-state index contributed by atoms with van der Waals surface area (Å²) in [7, 11) is 0. The summed E-state index contributed by atoms with van der Waals surface area (Å²) in [5.41, 5.74) is -0.510. The van der Waals surface area contributed by atoms with Crippen LogP contribution in [0.1, 0.15) is 6.92 Å². The van der Waals surface area contributed by atoms with E-state index in [4.69, 9.17) is 5.11 Å². The summed E-state index contributed by atoms with van der Waals surface area (Å²) >= 11 is 0. The first-order valence-electron chi connectivity index (χ1n) is 5.35. The maximum atomic E-state index is 13.6. The fraction of sp³-hybridized carbons (Fsp3) is 0.250. The van der Waals surface area contributed by atoms with Gasteiger partial charge in [0.25, 0.3) is 0 Å². The van der Waals surface area contributed by atoms with Gasteiger partial charge in [-0.3, -0.25) is 0 Å². The van der Waals surface area contributed by atoms with E-state index >= 15 is 0 Å². The molecular formula is C12H11F3N2O. The highest BCUT2D eigenvalue weighted by Crippen LogP contribution is 2.25. The minimum atomic E-state index is -1.22. The Morgan fingerprint density at radius 2 is 1.94 bits per heavy atom. The lowest BCUT2D eigenvalue weighted by Gasteiger charge is -2.03. The molecule has 0 spiro atoms. The molecule has 6 heteroatoms. The second-order valence-electron chi connectivity index (χ2n) is 3.96. The maximum Gasteiger partial charge on any atom is 0.248 e. The standard InChI is InChI=1S/C12H11F3N2O/c1-7(18)6-17-12(15)10(14)11(16-17)8-4-2-3-5-9(8)13/h2-5,7,18H,6H2,1H3. The summed E-state index contributed by atoms with van der Waals surface area (Å²) in [6, 6.07) is 5.40. The Hall–Kier alpha value is -1.82. The van der Waals surface area contributed by atoms with Crippen molar-refractivity contribution >= 4 is 0 Å². The Bertz CT molecular complexity index is 566. The number of rotatable bonds is 3. The van der Waals surface area contributed by atoms with Crippen LogP contribution in [0.3, 0.4) is 0 Å². The third-order valence-corrected chi connectivity index (χ3v) is 2.40. The van der Waals surface area contributed by atoms with Crippen LogP contribution in [-0.4, -0.2) is 21.0 Å². The van der Waals surface area contributed by atoms with Crippen LogP contribution in [-0.2, 0) is 6.54 Å². The predicted molar refractivity (Wildman–Crippen MR) is 59.2 cm³/mol. The van der Waals surface area contributed by atoms with Crippen LogP contribution in [0.15, 0.2) is 24.3 Å². The van der Waals surface area contributed by atoms with Gasteiger partial charge < -0.3 is 5.11 Å². The first kappa shape index (κ1) is 12.6. The molecule has 0 saturated carbocycles. The predicted octanol–water partition coefficient (Wildman–Crippen LogP) is 2.35. The number of aliphatic hydroxyl groups is 1. The van der Waals surface area contributed by atoms with E-state index < -0.39 is 29.4 Å². The lowest BCUT2D eigenvalue weighted by atomic mass is 10.1. The number of benzene rings is 1. The molecular weight excluding hydrogens is 245 g/mol. The molecule has 0 amide bonds. The van der Waals surface area contributed by atoms with Gasteiger partial charge in [0.1, 0.15) is 11.5 Å². The van der Waals surface area contributed by atoms with Gasteiger partial charge in [-0.15, -0.1) is 0 Å². The molecule has 0 aliphatic heterocycles. The molecule has 3 nitrogen and oxygen atoms in total. The molecule has 1 unspecified atom stereocenters. The fourth-order valence-corrected chi connectivity index (χ4v) is 1.62. The topological polar surface area (TPSA) is 38.0 Å². The molecule has 96 valence electrons. The quantitative estimate of drug-likeness (QED) is 0.915. The van der Waals surface area contributed by atoms with Gasteiger partial charge in [-0.1, -0.05) is 12.1 Å².